The minimum atomic E-state index is -0.800. The number of aliphatic carboxylic acids is 1. The van der Waals surface area contributed by atoms with Gasteiger partial charge in [0.25, 0.3) is 0 Å². The first-order chi connectivity index (χ1) is 5.22. The molecular weight excluding hydrogens is 229 g/mol. The quantitative estimate of drug-likeness (QED) is 0.626. The van der Waals surface area contributed by atoms with Crippen LogP contribution < -0.4 is 5.32 Å². The molecule has 0 aliphatic rings. The van der Waals surface area contributed by atoms with Crippen LogP contribution in [0.5, 0.6) is 0 Å². The van der Waals surface area contributed by atoms with Crippen molar-refractivity contribution in [2.24, 2.45) is 0 Å². The number of nitrogens with one attached hydrogen (secondary N) is 1. The molecule has 0 bridgehead atoms. The van der Waals surface area contributed by atoms with E-state index in [1.807, 2.05) is 6.26 Å². The van der Waals surface area contributed by atoms with Gasteiger partial charge in [-0.25, -0.2) is 0 Å². The Labute approximate surface area is 78.3 Å². The Morgan fingerprint density at radius 2 is 2.55 bits per heavy atom. The molecule has 0 amide bonds. The fraction of sp³-hybridized carbons (Fsp3) is 0.667. The van der Waals surface area contributed by atoms with E-state index in [1.54, 1.807) is 16.8 Å². The second-order valence-electron chi connectivity index (χ2n) is 1.96. The van der Waals surface area contributed by atoms with E-state index in [2.05, 4.69) is 20.9 Å². The second kappa shape index (κ2) is 6.70. The van der Waals surface area contributed by atoms with Gasteiger partial charge >= 0.3 is 78.0 Å². The van der Waals surface area contributed by atoms with Gasteiger partial charge in [-0.15, -0.1) is 0 Å². The van der Waals surface area contributed by atoms with Gasteiger partial charge in [-0.05, 0) is 0 Å². The Morgan fingerprint density at radius 3 is 2.91 bits per heavy atom. The molecule has 0 radical (unpaired) electrons. The summed E-state index contributed by atoms with van der Waals surface area (Å²) >= 11 is 4.24. The van der Waals surface area contributed by atoms with E-state index in [1.165, 1.54) is 0 Å². The fourth-order valence-corrected chi connectivity index (χ4v) is 1.41. The topological polar surface area (TPSA) is 49.3 Å². The van der Waals surface area contributed by atoms with Crippen LogP contribution in [0.3, 0.4) is 0 Å². The van der Waals surface area contributed by atoms with Crippen molar-refractivity contribution in [2.75, 3.05) is 12.0 Å². The van der Waals surface area contributed by atoms with E-state index in [0.29, 0.717) is 6.42 Å². The normalized spacial score (nSPS) is 12.1. The van der Waals surface area contributed by atoms with E-state index < -0.39 is 12.0 Å². The Balaban J connectivity index is 3.69. The van der Waals surface area contributed by atoms with Gasteiger partial charge in [-0.3, -0.25) is 0 Å². The van der Waals surface area contributed by atoms with Crippen molar-refractivity contribution in [3.05, 3.63) is 0 Å². The molecule has 0 spiro atoms. The molecule has 0 heterocycles. The van der Waals surface area contributed by atoms with Crippen LogP contribution >= 0.6 is 11.8 Å². The SMILES string of the molecule is CSCC[C@H](NC=[Se])C(=O)O. The molecule has 64 valence electrons. The summed E-state index contributed by atoms with van der Waals surface area (Å²) < 4.78 is 0. The third-order valence-electron chi connectivity index (χ3n) is 1.18. The summed E-state index contributed by atoms with van der Waals surface area (Å²) in [5.41, 5.74) is 0. The van der Waals surface area contributed by atoms with E-state index in [4.69, 9.17) is 5.11 Å². The number of carboxylic acid groups (broad SMARTS) is 1. The van der Waals surface area contributed by atoms with Crippen LogP contribution in [0.1, 0.15) is 6.42 Å². The predicted octanol–water partition coefficient (Wildman–Crippen LogP) is -0.290. The fourth-order valence-electron chi connectivity index (χ4n) is 0.596. The molecule has 0 saturated heterocycles. The van der Waals surface area contributed by atoms with E-state index in [9.17, 15) is 4.79 Å². The van der Waals surface area contributed by atoms with Crippen molar-refractivity contribution in [2.45, 2.75) is 12.5 Å². The summed E-state index contributed by atoms with van der Waals surface area (Å²) in [5, 5.41) is 12.9. The first kappa shape index (κ1) is 11.0. The monoisotopic (exact) mass is 241 g/mol. The number of carboxylic acids is 1. The molecule has 0 aromatic carbocycles. The third-order valence-corrected chi connectivity index (χ3v) is 2.11. The Kier molecular flexibility index (Phi) is 6.71. The van der Waals surface area contributed by atoms with Gasteiger partial charge in [-0.1, -0.05) is 0 Å². The summed E-state index contributed by atoms with van der Waals surface area (Å²) in [7, 11) is 0. The molecule has 0 aromatic rings. The maximum atomic E-state index is 10.5. The first-order valence-corrected chi connectivity index (χ1v) is 5.52. The number of rotatable bonds is 6. The van der Waals surface area contributed by atoms with Crippen LogP contribution in [-0.4, -0.2) is 49.7 Å². The van der Waals surface area contributed by atoms with Crippen molar-refractivity contribution in [1.29, 1.82) is 0 Å². The second-order valence-corrected chi connectivity index (χ2v) is 3.44. The molecule has 2 N–H and O–H groups in total. The molecule has 0 fully saturated rings. The van der Waals surface area contributed by atoms with Crippen LogP contribution in [0.4, 0.5) is 0 Å². The minimum absolute atomic E-state index is 0.455. The summed E-state index contributed by atoms with van der Waals surface area (Å²) in [6.07, 6.45) is 2.61. The van der Waals surface area contributed by atoms with Crippen LogP contribution in [0.25, 0.3) is 0 Å². The first-order valence-electron chi connectivity index (χ1n) is 3.13. The maximum absolute atomic E-state index is 10.5. The van der Waals surface area contributed by atoms with Gasteiger partial charge in [0.2, 0.25) is 0 Å². The van der Waals surface area contributed by atoms with Crippen molar-refractivity contribution < 1.29 is 9.90 Å². The van der Waals surface area contributed by atoms with E-state index >= 15 is 0 Å². The number of carbonyl (C=O) groups is 1. The number of hydrogen-bond donors (Lipinski definition) is 2. The average Bonchev–Trinajstić information content (AvgIpc) is 1.97. The number of thioether (sulfide) groups is 1. The van der Waals surface area contributed by atoms with Gasteiger partial charge in [-0.2, -0.15) is 0 Å². The molecule has 11 heavy (non-hydrogen) atoms. The van der Waals surface area contributed by atoms with Crippen LogP contribution in [0.15, 0.2) is 0 Å². The van der Waals surface area contributed by atoms with Gasteiger partial charge in [0, 0.05) is 0 Å². The molecule has 0 saturated carbocycles. The van der Waals surface area contributed by atoms with Gasteiger partial charge in [0.05, 0.1) is 0 Å². The zero-order valence-electron chi connectivity index (χ0n) is 6.24. The molecule has 1 atom stereocenters. The molecule has 0 unspecified atom stereocenters. The molecule has 5 heteroatoms. The molecule has 0 aliphatic carbocycles. The van der Waals surface area contributed by atoms with Gasteiger partial charge in [0.15, 0.2) is 0 Å². The van der Waals surface area contributed by atoms with Crippen molar-refractivity contribution >= 4 is 38.4 Å². The number of hydrogen-bond acceptors (Lipinski definition) is 3. The van der Waals surface area contributed by atoms with E-state index in [-0.39, 0.29) is 0 Å². The molecule has 3 nitrogen and oxygen atoms in total. The van der Waals surface area contributed by atoms with Crippen molar-refractivity contribution in [3.63, 3.8) is 0 Å². The molecule has 0 aliphatic heterocycles. The predicted molar refractivity (Wildman–Crippen MR) is 49.4 cm³/mol. The van der Waals surface area contributed by atoms with Crippen molar-refractivity contribution in [3.8, 4) is 0 Å². The Bertz CT molecular complexity index is 143. The molecular formula is C6H11NO2SSe. The van der Waals surface area contributed by atoms with Crippen molar-refractivity contribution in [1.82, 2.24) is 5.32 Å². The molecule has 0 aromatic heterocycles. The Morgan fingerprint density at radius 1 is 1.91 bits per heavy atom. The molecule has 0 rings (SSSR count). The zero-order valence-corrected chi connectivity index (χ0v) is 8.77. The van der Waals surface area contributed by atoms with Crippen LogP contribution in [-0.2, 0) is 4.79 Å². The van der Waals surface area contributed by atoms with Gasteiger partial charge < -0.3 is 0 Å². The summed E-state index contributed by atoms with van der Waals surface area (Å²) in [4.78, 5) is 10.5. The van der Waals surface area contributed by atoms with E-state index in [0.717, 1.165) is 5.75 Å². The summed E-state index contributed by atoms with van der Waals surface area (Å²) in [5.74, 6) is 0.0585. The zero-order chi connectivity index (χ0) is 8.69. The Hall–Kier alpha value is 0.00948. The third kappa shape index (κ3) is 5.30. The standard InChI is InChI=1S/C6H11NO2SSe/c1-10-3-2-5(6(8)9)7-4-11/h4-5H,2-3H2,1H3,(H,7,11)(H,8,9)/t5-/m0/s1. The average molecular weight is 240 g/mol. The van der Waals surface area contributed by atoms with Crippen LogP contribution in [0.2, 0.25) is 0 Å². The van der Waals surface area contributed by atoms with Crippen LogP contribution in [0, 0.1) is 0 Å². The van der Waals surface area contributed by atoms with Gasteiger partial charge in [0.1, 0.15) is 0 Å². The summed E-state index contributed by atoms with van der Waals surface area (Å²) in [6.45, 7) is 0. The summed E-state index contributed by atoms with van der Waals surface area (Å²) in [6, 6.07) is -0.455.